The van der Waals surface area contributed by atoms with Crippen molar-refractivity contribution in [2.24, 2.45) is 0 Å². The molecule has 0 atom stereocenters. The Morgan fingerprint density at radius 2 is 2.09 bits per heavy atom. The Labute approximate surface area is 137 Å². The maximum absolute atomic E-state index is 12.4. The average Bonchev–Trinajstić information content (AvgIpc) is 3.17. The standard InChI is InChI=1S/C16H17N5OS/c22-14(20-7-2-1-3-8-20)10-12-5-4-6-13(9-12)15-19-21-11-17-18-16(21)23-15/h4-6,9,11H,1-3,7-8,10H2. The molecule has 0 saturated carbocycles. The Bertz CT molecular complexity index is 805. The summed E-state index contributed by atoms with van der Waals surface area (Å²) < 4.78 is 1.67. The minimum absolute atomic E-state index is 0.222. The third-order valence-corrected chi connectivity index (χ3v) is 5.09. The number of carbonyl (C=O) groups is 1. The van der Waals surface area contributed by atoms with E-state index in [4.69, 9.17) is 0 Å². The first-order valence-electron chi connectivity index (χ1n) is 7.83. The van der Waals surface area contributed by atoms with Crippen LogP contribution in [0.4, 0.5) is 0 Å². The first-order valence-corrected chi connectivity index (χ1v) is 8.65. The van der Waals surface area contributed by atoms with Gasteiger partial charge in [0, 0.05) is 18.7 Å². The number of piperidine rings is 1. The third-order valence-electron chi connectivity index (χ3n) is 4.12. The maximum atomic E-state index is 12.4. The van der Waals surface area contributed by atoms with Crippen LogP contribution >= 0.6 is 11.3 Å². The van der Waals surface area contributed by atoms with E-state index in [1.165, 1.54) is 17.8 Å². The van der Waals surface area contributed by atoms with E-state index >= 15 is 0 Å². The second kappa shape index (κ2) is 6.08. The maximum Gasteiger partial charge on any atom is 0.234 e. The average molecular weight is 327 g/mol. The molecule has 2 aromatic heterocycles. The second-order valence-corrected chi connectivity index (χ2v) is 6.74. The molecule has 3 heterocycles. The van der Waals surface area contributed by atoms with Gasteiger partial charge in [-0.05, 0) is 30.9 Å². The van der Waals surface area contributed by atoms with Crippen LogP contribution in [0, 0.1) is 0 Å². The largest absolute Gasteiger partial charge is 0.342 e. The van der Waals surface area contributed by atoms with Crippen molar-refractivity contribution in [1.29, 1.82) is 0 Å². The number of rotatable bonds is 3. The molecule has 0 bridgehead atoms. The van der Waals surface area contributed by atoms with E-state index in [0.717, 1.165) is 47.0 Å². The molecular weight excluding hydrogens is 310 g/mol. The molecule has 1 aliphatic rings. The molecule has 1 amide bonds. The van der Waals surface area contributed by atoms with E-state index in [1.807, 2.05) is 29.2 Å². The van der Waals surface area contributed by atoms with Gasteiger partial charge < -0.3 is 4.90 Å². The molecule has 0 unspecified atom stereocenters. The quantitative estimate of drug-likeness (QED) is 0.741. The zero-order chi connectivity index (χ0) is 15.6. The van der Waals surface area contributed by atoms with Gasteiger partial charge in [-0.2, -0.15) is 9.61 Å². The molecule has 118 valence electrons. The minimum atomic E-state index is 0.222. The summed E-state index contributed by atoms with van der Waals surface area (Å²) in [6.07, 6.45) is 5.54. The first-order chi connectivity index (χ1) is 11.3. The first kappa shape index (κ1) is 14.3. The van der Waals surface area contributed by atoms with Crippen LogP contribution in [0.1, 0.15) is 24.8 Å². The number of likely N-dealkylation sites (tertiary alicyclic amines) is 1. The molecule has 6 nitrogen and oxygen atoms in total. The summed E-state index contributed by atoms with van der Waals surface area (Å²) in [6.45, 7) is 1.80. The molecule has 3 aromatic rings. The van der Waals surface area contributed by atoms with Crippen LogP contribution in [0.25, 0.3) is 15.5 Å². The van der Waals surface area contributed by atoms with Crippen molar-refractivity contribution in [3.8, 4) is 10.6 Å². The van der Waals surface area contributed by atoms with Crippen molar-refractivity contribution in [3.63, 3.8) is 0 Å². The van der Waals surface area contributed by atoms with Gasteiger partial charge in [0.05, 0.1) is 6.42 Å². The predicted molar refractivity (Wildman–Crippen MR) is 88.2 cm³/mol. The van der Waals surface area contributed by atoms with Gasteiger partial charge in [-0.1, -0.05) is 29.5 Å². The monoisotopic (exact) mass is 327 g/mol. The van der Waals surface area contributed by atoms with Crippen LogP contribution in [-0.2, 0) is 11.2 Å². The highest BCUT2D eigenvalue weighted by Crippen LogP contribution is 2.25. The zero-order valence-corrected chi connectivity index (χ0v) is 13.5. The number of benzene rings is 1. The second-order valence-electron chi connectivity index (χ2n) is 5.78. The van der Waals surface area contributed by atoms with Crippen molar-refractivity contribution in [2.45, 2.75) is 25.7 Å². The van der Waals surface area contributed by atoms with E-state index in [-0.39, 0.29) is 5.91 Å². The smallest absolute Gasteiger partial charge is 0.234 e. The van der Waals surface area contributed by atoms with Crippen LogP contribution < -0.4 is 0 Å². The molecule has 7 heteroatoms. The summed E-state index contributed by atoms with van der Waals surface area (Å²) in [5.41, 5.74) is 2.05. The molecule has 23 heavy (non-hydrogen) atoms. The van der Waals surface area contributed by atoms with Crippen molar-refractivity contribution in [1.82, 2.24) is 24.7 Å². The summed E-state index contributed by atoms with van der Waals surface area (Å²) >= 11 is 1.50. The van der Waals surface area contributed by atoms with Crippen LogP contribution in [0.15, 0.2) is 30.6 Å². The number of aromatic nitrogens is 4. The number of nitrogens with zero attached hydrogens (tertiary/aromatic N) is 5. The lowest BCUT2D eigenvalue weighted by Gasteiger charge is -2.26. The number of amides is 1. The molecule has 0 N–H and O–H groups in total. The lowest BCUT2D eigenvalue weighted by atomic mass is 10.1. The molecular formula is C16H17N5OS. The Kier molecular flexibility index (Phi) is 3.78. The lowest BCUT2D eigenvalue weighted by molar-refractivity contribution is -0.131. The highest BCUT2D eigenvalue weighted by molar-refractivity contribution is 7.19. The van der Waals surface area contributed by atoms with Gasteiger partial charge >= 0.3 is 0 Å². The molecule has 0 radical (unpaired) electrons. The fourth-order valence-corrected chi connectivity index (χ4v) is 3.74. The number of hydrogen-bond donors (Lipinski definition) is 0. The molecule has 1 aromatic carbocycles. The van der Waals surface area contributed by atoms with Crippen LogP contribution in [-0.4, -0.2) is 43.7 Å². The van der Waals surface area contributed by atoms with Crippen LogP contribution in [0.2, 0.25) is 0 Å². The topological polar surface area (TPSA) is 63.4 Å². The van der Waals surface area contributed by atoms with Crippen molar-refractivity contribution < 1.29 is 4.79 Å². The highest BCUT2D eigenvalue weighted by Gasteiger charge is 2.17. The SMILES string of the molecule is O=C(Cc1cccc(-c2nn3cnnc3s2)c1)N1CCCCC1. The lowest BCUT2D eigenvalue weighted by Crippen LogP contribution is -2.36. The summed E-state index contributed by atoms with van der Waals surface area (Å²) in [5, 5.41) is 13.2. The summed E-state index contributed by atoms with van der Waals surface area (Å²) in [5.74, 6) is 0.222. The van der Waals surface area contributed by atoms with Gasteiger partial charge in [0.15, 0.2) is 0 Å². The Morgan fingerprint density at radius 3 is 2.91 bits per heavy atom. The van der Waals surface area contributed by atoms with Crippen LogP contribution in [0.5, 0.6) is 0 Å². The van der Waals surface area contributed by atoms with Crippen LogP contribution in [0.3, 0.4) is 0 Å². The Balaban J connectivity index is 1.53. The molecule has 1 aliphatic heterocycles. The predicted octanol–water partition coefficient (Wildman–Crippen LogP) is 2.41. The van der Waals surface area contributed by atoms with E-state index < -0.39 is 0 Å². The molecule has 4 rings (SSSR count). The summed E-state index contributed by atoms with van der Waals surface area (Å²) in [4.78, 5) is 15.2. The van der Waals surface area contributed by atoms with Crippen molar-refractivity contribution in [2.75, 3.05) is 13.1 Å². The van der Waals surface area contributed by atoms with Gasteiger partial charge in [0.2, 0.25) is 10.9 Å². The van der Waals surface area contributed by atoms with E-state index in [9.17, 15) is 4.79 Å². The minimum Gasteiger partial charge on any atom is -0.342 e. The number of carbonyl (C=O) groups excluding carboxylic acids is 1. The summed E-state index contributed by atoms with van der Waals surface area (Å²) in [6, 6.07) is 8.05. The third kappa shape index (κ3) is 2.96. The van der Waals surface area contributed by atoms with Gasteiger partial charge in [-0.3, -0.25) is 4.79 Å². The zero-order valence-electron chi connectivity index (χ0n) is 12.7. The van der Waals surface area contributed by atoms with Crippen molar-refractivity contribution >= 4 is 22.2 Å². The molecule has 0 spiro atoms. The highest BCUT2D eigenvalue weighted by atomic mass is 32.1. The Morgan fingerprint density at radius 1 is 1.22 bits per heavy atom. The van der Waals surface area contributed by atoms with Gasteiger partial charge in [0.1, 0.15) is 11.3 Å². The molecule has 1 saturated heterocycles. The van der Waals surface area contributed by atoms with E-state index in [1.54, 1.807) is 10.8 Å². The Hall–Kier alpha value is -2.28. The molecule has 1 fully saturated rings. The van der Waals surface area contributed by atoms with Gasteiger partial charge in [-0.15, -0.1) is 10.2 Å². The number of hydrogen-bond acceptors (Lipinski definition) is 5. The van der Waals surface area contributed by atoms with E-state index in [2.05, 4.69) is 15.3 Å². The normalized spacial score (nSPS) is 15.2. The van der Waals surface area contributed by atoms with Gasteiger partial charge in [0.25, 0.3) is 0 Å². The van der Waals surface area contributed by atoms with Gasteiger partial charge in [-0.25, -0.2) is 0 Å². The van der Waals surface area contributed by atoms with Crippen molar-refractivity contribution in [3.05, 3.63) is 36.2 Å². The van der Waals surface area contributed by atoms with E-state index in [0.29, 0.717) is 6.42 Å². The number of fused-ring (bicyclic) bond motifs is 1. The summed E-state index contributed by atoms with van der Waals surface area (Å²) in [7, 11) is 0. The fraction of sp³-hybridized carbons (Fsp3) is 0.375. The molecule has 0 aliphatic carbocycles. The fourth-order valence-electron chi connectivity index (χ4n) is 2.92.